The summed E-state index contributed by atoms with van der Waals surface area (Å²) < 4.78 is 1.16. The van der Waals surface area contributed by atoms with Gasteiger partial charge in [0.05, 0.1) is 16.8 Å². The second-order valence-electron chi connectivity index (χ2n) is 5.96. The summed E-state index contributed by atoms with van der Waals surface area (Å²) in [7, 11) is 1.84. The number of para-hydroxylation sites is 1. The lowest BCUT2D eigenvalue weighted by molar-refractivity contribution is -0.683. The largest absolute Gasteiger partial charge is 0.334 e. The maximum absolute atomic E-state index is 12.4. The van der Waals surface area contributed by atoms with Crippen LogP contribution in [0.15, 0.2) is 54.6 Å². The van der Waals surface area contributed by atoms with Crippen molar-refractivity contribution in [2.45, 2.75) is 19.5 Å². The van der Waals surface area contributed by atoms with E-state index in [0.717, 1.165) is 15.2 Å². The average molecular weight is 340 g/mol. The minimum atomic E-state index is 0.122. The summed E-state index contributed by atoms with van der Waals surface area (Å²) in [6, 6.07) is 18.6. The Morgan fingerprint density at radius 1 is 1.17 bits per heavy atom. The van der Waals surface area contributed by atoms with Crippen molar-refractivity contribution in [3.63, 3.8) is 0 Å². The molecule has 3 aromatic rings. The Hall–Kier alpha value is -2.24. The number of hydrogen-bond donors (Lipinski definition) is 1. The fourth-order valence-corrected chi connectivity index (χ4v) is 3.63. The van der Waals surface area contributed by atoms with Gasteiger partial charge < -0.3 is 10.2 Å². The summed E-state index contributed by atoms with van der Waals surface area (Å²) >= 11 is 1.65. The van der Waals surface area contributed by atoms with Gasteiger partial charge in [-0.1, -0.05) is 42.5 Å². The highest BCUT2D eigenvalue weighted by Gasteiger charge is 2.16. The molecule has 1 atom stereocenters. The number of quaternary nitrogens is 1. The van der Waals surface area contributed by atoms with Gasteiger partial charge in [0.1, 0.15) is 11.0 Å². The molecule has 2 N–H and O–H groups in total. The van der Waals surface area contributed by atoms with Gasteiger partial charge in [-0.15, -0.1) is 11.3 Å². The molecule has 24 heavy (non-hydrogen) atoms. The topological polar surface area (TPSA) is 49.8 Å². The Morgan fingerprint density at radius 3 is 2.62 bits per heavy atom. The normalized spacial score (nSPS) is 12.2. The van der Waals surface area contributed by atoms with Crippen LogP contribution in [0, 0.1) is 0 Å². The number of aromatic nitrogens is 1. The first-order valence-electron chi connectivity index (χ1n) is 8.10. The molecule has 0 aliphatic heterocycles. The molecule has 1 heterocycles. The molecule has 0 saturated carbocycles. The van der Waals surface area contributed by atoms with E-state index in [9.17, 15) is 4.79 Å². The van der Waals surface area contributed by atoms with E-state index in [4.69, 9.17) is 0 Å². The average Bonchev–Trinajstić information content (AvgIpc) is 3.02. The molecule has 0 saturated heterocycles. The highest BCUT2D eigenvalue weighted by Crippen LogP contribution is 2.22. The number of nitrogens with zero attached hydrogens (tertiary/aromatic N) is 2. The predicted octanol–water partition coefficient (Wildman–Crippen LogP) is 2.58. The van der Waals surface area contributed by atoms with E-state index in [1.165, 1.54) is 5.56 Å². The molecule has 124 valence electrons. The van der Waals surface area contributed by atoms with Crippen molar-refractivity contribution in [1.82, 2.24) is 9.88 Å². The number of carbonyl (C=O) groups is 1. The third-order valence-electron chi connectivity index (χ3n) is 4.11. The van der Waals surface area contributed by atoms with Gasteiger partial charge >= 0.3 is 0 Å². The molecule has 2 aromatic carbocycles. The minimum Gasteiger partial charge on any atom is -0.334 e. The molecule has 3 rings (SSSR count). The van der Waals surface area contributed by atoms with E-state index in [2.05, 4.69) is 35.4 Å². The van der Waals surface area contributed by atoms with E-state index in [1.54, 1.807) is 16.2 Å². The number of rotatable bonds is 6. The van der Waals surface area contributed by atoms with Crippen LogP contribution in [-0.4, -0.2) is 29.4 Å². The van der Waals surface area contributed by atoms with Crippen molar-refractivity contribution in [3.05, 3.63) is 65.2 Å². The Balaban J connectivity index is 1.54. The van der Waals surface area contributed by atoms with Crippen molar-refractivity contribution >= 4 is 27.5 Å². The quantitative estimate of drug-likeness (QED) is 0.750. The predicted molar refractivity (Wildman–Crippen MR) is 97.7 cm³/mol. The summed E-state index contributed by atoms with van der Waals surface area (Å²) in [5.74, 6) is 0.122. The molecule has 0 aliphatic rings. The van der Waals surface area contributed by atoms with Gasteiger partial charge in [-0.25, -0.2) is 4.98 Å². The maximum atomic E-state index is 12.4. The van der Waals surface area contributed by atoms with Gasteiger partial charge in [0, 0.05) is 12.6 Å². The van der Waals surface area contributed by atoms with Gasteiger partial charge in [-0.2, -0.15) is 0 Å². The fraction of sp³-hybridized carbons (Fsp3) is 0.263. The number of likely N-dealkylation sites (N-methyl/N-ethyl adjacent to an activating group) is 1. The van der Waals surface area contributed by atoms with Crippen LogP contribution in [0.2, 0.25) is 0 Å². The Morgan fingerprint density at radius 2 is 1.88 bits per heavy atom. The standard InChI is InChI=1S/C19H21N3OS/c1-14(15-8-4-3-5-9-15)20-12-19(23)22(2)13-18-21-16-10-6-7-11-17(16)24-18/h3-11,14,20H,12-13H2,1-2H3/p+1/t14-/m0/s1. The lowest BCUT2D eigenvalue weighted by Crippen LogP contribution is -2.86. The lowest BCUT2D eigenvalue weighted by atomic mass is 10.1. The monoisotopic (exact) mass is 340 g/mol. The minimum absolute atomic E-state index is 0.122. The third kappa shape index (κ3) is 3.99. The summed E-state index contributed by atoms with van der Waals surface area (Å²) in [4.78, 5) is 18.7. The van der Waals surface area contributed by atoms with Crippen molar-refractivity contribution in [3.8, 4) is 0 Å². The SMILES string of the molecule is C[C@H]([NH2+]CC(=O)N(C)Cc1nc2ccccc2s1)c1ccccc1. The number of thiazole rings is 1. The van der Waals surface area contributed by atoms with Gasteiger partial charge in [0.15, 0.2) is 6.54 Å². The van der Waals surface area contributed by atoms with Gasteiger partial charge in [-0.3, -0.25) is 4.79 Å². The Bertz CT molecular complexity index is 783. The van der Waals surface area contributed by atoms with Crippen molar-refractivity contribution in [2.24, 2.45) is 0 Å². The van der Waals surface area contributed by atoms with Crippen LogP contribution in [-0.2, 0) is 11.3 Å². The molecule has 1 amide bonds. The highest BCUT2D eigenvalue weighted by molar-refractivity contribution is 7.18. The molecule has 0 aliphatic carbocycles. The molecule has 0 unspecified atom stereocenters. The second-order valence-corrected chi connectivity index (χ2v) is 7.08. The molecule has 0 bridgehead atoms. The fourth-order valence-electron chi connectivity index (χ4n) is 2.60. The van der Waals surface area contributed by atoms with Crippen molar-refractivity contribution in [2.75, 3.05) is 13.6 Å². The molecule has 1 aromatic heterocycles. The summed E-state index contributed by atoms with van der Waals surface area (Å²) in [6.07, 6.45) is 0. The number of carbonyl (C=O) groups excluding carboxylic acids is 1. The molecule has 5 heteroatoms. The Labute approximate surface area is 146 Å². The van der Waals surface area contributed by atoms with Gasteiger partial charge in [0.25, 0.3) is 5.91 Å². The second kappa shape index (κ2) is 7.55. The number of benzene rings is 2. The first-order chi connectivity index (χ1) is 11.6. The van der Waals surface area contributed by atoms with Crippen molar-refractivity contribution < 1.29 is 10.1 Å². The maximum Gasteiger partial charge on any atom is 0.277 e. The van der Waals surface area contributed by atoms with E-state index in [0.29, 0.717) is 13.1 Å². The molecule has 0 radical (unpaired) electrons. The van der Waals surface area contributed by atoms with E-state index in [1.807, 2.05) is 43.4 Å². The smallest absolute Gasteiger partial charge is 0.277 e. The van der Waals surface area contributed by atoms with Crippen LogP contribution >= 0.6 is 11.3 Å². The lowest BCUT2D eigenvalue weighted by Gasteiger charge is -2.16. The third-order valence-corrected chi connectivity index (χ3v) is 5.13. The first kappa shape index (κ1) is 16.6. The zero-order valence-electron chi connectivity index (χ0n) is 14.0. The van der Waals surface area contributed by atoms with Gasteiger partial charge in [-0.05, 0) is 19.1 Å². The van der Waals surface area contributed by atoms with Gasteiger partial charge in [0.2, 0.25) is 0 Å². The highest BCUT2D eigenvalue weighted by atomic mass is 32.1. The molecule has 0 spiro atoms. The van der Waals surface area contributed by atoms with Crippen LogP contribution in [0.25, 0.3) is 10.2 Å². The molecular weight excluding hydrogens is 318 g/mol. The number of amides is 1. The summed E-state index contributed by atoms with van der Waals surface area (Å²) in [5, 5.41) is 3.05. The van der Waals surface area contributed by atoms with E-state index in [-0.39, 0.29) is 11.9 Å². The number of nitrogens with two attached hydrogens (primary N) is 1. The van der Waals surface area contributed by atoms with Crippen molar-refractivity contribution in [1.29, 1.82) is 0 Å². The number of fused-ring (bicyclic) bond motifs is 1. The summed E-state index contributed by atoms with van der Waals surface area (Å²) in [6.45, 7) is 3.12. The van der Waals surface area contributed by atoms with Crippen LogP contribution < -0.4 is 5.32 Å². The van der Waals surface area contributed by atoms with Crippen LogP contribution in [0.1, 0.15) is 23.5 Å². The first-order valence-corrected chi connectivity index (χ1v) is 8.92. The summed E-state index contributed by atoms with van der Waals surface area (Å²) in [5.41, 5.74) is 2.24. The molecule has 4 nitrogen and oxygen atoms in total. The zero-order valence-corrected chi connectivity index (χ0v) is 14.8. The van der Waals surface area contributed by atoms with Crippen LogP contribution in [0.5, 0.6) is 0 Å². The van der Waals surface area contributed by atoms with E-state index < -0.39 is 0 Å². The van der Waals surface area contributed by atoms with E-state index >= 15 is 0 Å². The molecular formula is C19H22N3OS+. The molecule has 0 fully saturated rings. The van der Waals surface area contributed by atoms with Crippen LogP contribution in [0.3, 0.4) is 0 Å². The zero-order chi connectivity index (χ0) is 16.9. The van der Waals surface area contributed by atoms with Crippen LogP contribution in [0.4, 0.5) is 0 Å². The number of hydrogen-bond acceptors (Lipinski definition) is 3. The Kier molecular flexibility index (Phi) is 5.23.